The molecule has 0 radical (unpaired) electrons. The predicted octanol–water partition coefficient (Wildman–Crippen LogP) is 3.22. The zero-order chi connectivity index (χ0) is 22.9. The highest BCUT2D eigenvalue weighted by Gasteiger charge is 2.22. The Morgan fingerprint density at radius 1 is 1.09 bits per heavy atom. The van der Waals surface area contributed by atoms with E-state index in [1.165, 1.54) is 11.8 Å². The Bertz CT molecular complexity index is 983. The third-order valence-electron chi connectivity index (χ3n) is 4.89. The average Bonchev–Trinajstić information content (AvgIpc) is 3.21. The number of amides is 3. The molecule has 0 aliphatic carbocycles. The van der Waals surface area contributed by atoms with E-state index in [2.05, 4.69) is 10.6 Å². The number of esters is 1. The van der Waals surface area contributed by atoms with Gasteiger partial charge in [-0.3, -0.25) is 19.2 Å². The van der Waals surface area contributed by atoms with Crippen LogP contribution < -0.4 is 10.6 Å². The van der Waals surface area contributed by atoms with E-state index in [0.29, 0.717) is 23.5 Å². The van der Waals surface area contributed by atoms with Crippen molar-refractivity contribution in [3.05, 3.63) is 65.7 Å². The Kier molecular flexibility index (Phi) is 8.27. The van der Waals surface area contributed by atoms with E-state index >= 15 is 0 Å². The molecule has 3 amide bonds. The van der Waals surface area contributed by atoms with Crippen LogP contribution >= 0.6 is 11.8 Å². The molecule has 1 fully saturated rings. The fourth-order valence-electron chi connectivity index (χ4n) is 3.15. The van der Waals surface area contributed by atoms with Crippen LogP contribution in [-0.4, -0.2) is 53.4 Å². The van der Waals surface area contributed by atoms with Gasteiger partial charge >= 0.3 is 5.97 Å². The van der Waals surface area contributed by atoms with Gasteiger partial charge in [0, 0.05) is 18.8 Å². The van der Waals surface area contributed by atoms with E-state index < -0.39 is 18.5 Å². The summed E-state index contributed by atoms with van der Waals surface area (Å²) in [6, 6.07) is 16.0. The standard InChI is InChI=1S/C23H25N3O5S/c1-16(17-7-3-2-4-8-17)24-22(29)18-9-5-6-10-19(18)25-20(27)15-31-21(28)11-12-26-13-14-32-23(26)30/h2-10,16H,11-15H2,1H3,(H,24,29)(H,25,27). The number of thioether (sulfide) groups is 1. The van der Waals surface area contributed by atoms with Crippen LogP contribution in [0.25, 0.3) is 0 Å². The second-order valence-electron chi connectivity index (χ2n) is 7.21. The van der Waals surface area contributed by atoms with Gasteiger partial charge in [-0.2, -0.15) is 0 Å². The second-order valence-corrected chi connectivity index (χ2v) is 8.26. The highest BCUT2D eigenvalue weighted by Crippen LogP contribution is 2.19. The molecule has 1 aliphatic heterocycles. The highest BCUT2D eigenvalue weighted by molar-refractivity contribution is 8.13. The van der Waals surface area contributed by atoms with E-state index in [-0.39, 0.29) is 30.2 Å². The lowest BCUT2D eigenvalue weighted by Gasteiger charge is -2.16. The van der Waals surface area contributed by atoms with Gasteiger partial charge in [-0.25, -0.2) is 0 Å². The summed E-state index contributed by atoms with van der Waals surface area (Å²) in [7, 11) is 0. The Morgan fingerprint density at radius 2 is 1.81 bits per heavy atom. The number of anilines is 1. The topological polar surface area (TPSA) is 105 Å². The highest BCUT2D eigenvalue weighted by atomic mass is 32.2. The van der Waals surface area contributed by atoms with E-state index in [9.17, 15) is 19.2 Å². The van der Waals surface area contributed by atoms with Crippen molar-refractivity contribution in [1.82, 2.24) is 10.2 Å². The molecular formula is C23H25N3O5S. The van der Waals surface area contributed by atoms with Crippen molar-refractivity contribution >= 4 is 40.5 Å². The molecule has 168 valence electrons. The minimum Gasteiger partial charge on any atom is -0.456 e. The molecule has 3 rings (SSSR count). The molecule has 1 heterocycles. The zero-order valence-corrected chi connectivity index (χ0v) is 18.5. The summed E-state index contributed by atoms with van der Waals surface area (Å²) in [5, 5.41) is 5.48. The summed E-state index contributed by atoms with van der Waals surface area (Å²) in [6.45, 7) is 2.29. The second kappa shape index (κ2) is 11.3. The van der Waals surface area contributed by atoms with Crippen molar-refractivity contribution in [1.29, 1.82) is 0 Å². The smallest absolute Gasteiger partial charge is 0.308 e. The van der Waals surface area contributed by atoms with Crippen molar-refractivity contribution in [3.63, 3.8) is 0 Å². The number of benzene rings is 2. The maximum atomic E-state index is 12.8. The third kappa shape index (κ3) is 6.58. The first kappa shape index (κ1) is 23.3. The summed E-state index contributed by atoms with van der Waals surface area (Å²) >= 11 is 1.22. The van der Waals surface area contributed by atoms with Crippen molar-refractivity contribution in [2.75, 3.05) is 30.8 Å². The van der Waals surface area contributed by atoms with Gasteiger partial charge in [-0.15, -0.1) is 0 Å². The van der Waals surface area contributed by atoms with Crippen LogP contribution in [0.2, 0.25) is 0 Å². The summed E-state index contributed by atoms with van der Waals surface area (Å²) in [5.41, 5.74) is 1.59. The van der Waals surface area contributed by atoms with Crippen LogP contribution in [0.15, 0.2) is 54.6 Å². The van der Waals surface area contributed by atoms with Crippen LogP contribution in [0.4, 0.5) is 10.5 Å². The number of hydrogen-bond donors (Lipinski definition) is 2. The largest absolute Gasteiger partial charge is 0.456 e. The Labute approximate surface area is 190 Å². The number of rotatable bonds is 9. The van der Waals surface area contributed by atoms with Crippen molar-refractivity contribution in [2.24, 2.45) is 0 Å². The van der Waals surface area contributed by atoms with Gasteiger partial charge in [0.1, 0.15) is 0 Å². The van der Waals surface area contributed by atoms with Gasteiger partial charge < -0.3 is 20.3 Å². The van der Waals surface area contributed by atoms with E-state index in [1.807, 2.05) is 37.3 Å². The molecule has 32 heavy (non-hydrogen) atoms. The number of carbonyl (C=O) groups excluding carboxylic acids is 4. The minimum atomic E-state index is -0.562. The monoisotopic (exact) mass is 455 g/mol. The molecular weight excluding hydrogens is 430 g/mol. The molecule has 9 heteroatoms. The zero-order valence-electron chi connectivity index (χ0n) is 17.7. The molecule has 0 spiro atoms. The molecule has 1 unspecified atom stereocenters. The van der Waals surface area contributed by atoms with Crippen molar-refractivity contribution in [2.45, 2.75) is 19.4 Å². The summed E-state index contributed by atoms with van der Waals surface area (Å²) in [6.07, 6.45) is 0.0238. The molecule has 1 saturated heterocycles. The van der Waals surface area contributed by atoms with E-state index in [4.69, 9.17) is 4.74 Å². The number of nitrogens with one attached hydrogen (secondary N) is 2. The fourth-order valence-corrected chi connectivity index (χ4v) is 4.00. The Balaban J connectivity index is 1.50. The lowest BCUT2D eigenvalue weighted by Crippen LogP contribution is -2.29. The average molecular weight is 456 g/mol. The van der Waals surface area contributed by atoms with Crippen LogP contribution in [-0.2, 0) is 14.3 Å². The normalized spacial score (nSPS) is 14.0. The Hall–Kier alpha value is -3.33. The molecule has 0 saturated carbocycles. The molecule has 2 aromatic rings. The van der Waals surface area contributed by atoms with Crippen LogP contribution in [0.3, 0.4) is 0 Å². The van der Waals surface area contributed by atoms with Gasteiger partial charge in [-0.05, 0) is 24.6 Å². The maximum absolute atomic E-state index is 12.8. The van der Waals surface area contributed by atoms with E-state index in [1.54, 1.807) is 29.2 Å². The van der Waals surface area contributed by atoms with Crippen LogP contribution in [0.5, 0.6) is 0 Å². The Morgan fingerprint density at radius 3 is 2.53 bits per heavy atom. The number of carbonyl (C=O) groups is 4. The van der Waals surface area contributed by atoms with Crippen molar-refractivity contribution in [3.8, 4) is 0 Å². The number of para-hydroxylation sites is 1. The van der Waals surface area contributed by atoms with Crippen LogP contribution in [0.1, 0.15) is 35.3 Å². The third-order valence-corrected chi connectivity index (χ3v) is 5.78. The molecule has 0 aromatic heterocycles. The molecule has 1 aliphatic rings. The summed E-state index contributed by atoms with van der Waals surface area (Å²) in [5.74, 6) is -0.731. The number of hydrogen-bond acceptors (Lipinski definition) is 6. The van der Waals surface area contributed by atoms with Gasteiger partial charge in [-0.1, -0.05) is 54.2 Å². The number of ether oxygens (including phenoxy) is 1. The first-order chi connectivity index (χ1) is 15.4. The maximum Gasteiger partial charge on any atom is 0.308 e. The minimum absolute atomic E-state index is 0.0238. The first-order valence-electron chi connectivity index (χ1n) is 10.3. The fraction of sp³-hybridized carbons (Fsp3) is 0.304. The van der Waals surface area contributed by atoms with Gasteiger partial charge in [0.15, 0.2) is 6.61 Å². The predicted molar refractivity (Wildman–Crippen MR) is 122 cm³/mol. The van der Waals surface area contributed by atoms with E-state index in [0.717, 1.165) is 5.56 Å². The molecule has 8 nitrogen and oxygen atoms in total. The first-order valence-corrected chi connectivity index (χ1v) is 11.2. The molecule has 1 atom stereocenters. The quantitative estimate of drug-likeness (QED) is 0.563. The molecule has 0 bridgehead atoms. The number of nitrogens with zero attached hydrogens (tertiary/aromatic N) is 1. The molecule has 2 N–H and O–H groups in total. The lowest BCUT2D eigenvalue weighted by molar-refractivity contribution is -0.147. The van der Waals surface area contributed by atoms with Gasteiger partial charge in [0.05, 0.1) is 23.7 Å². The van der Waals surface area contributed by atoms with Crippen LogP contribution in [0, 0.1) is 0 Å². The molecule has 2 aromatic carbocycles. The van der Waals surface area contributed by atoms with Gasteiger partial charge in [0.25, 0.3) is 17.1 Å². The lowest BCUT2D eigenvalue weighted by atomic mass is 10.1. The SMILES string of the molecule is CC(NC(=O)c1ccccc1NC(=O)COC(=O)CCN1CCSC1=O)c1ccccc1. The summed E-state index contributed by atoms with van der Waals surface area (Å²) in [4.78, 5) is 50.0. The summed E-state index contributed by atoms with van der Waals surface area (Å²) < 4.78 is 5.00. The van der Waals surface area contributed by atoms with Gasteiger partial charge in [0.2, 0.25) is 0 Å². The van der Waals surface area contributed by atoms with Crippen molar-refractivity contribution < 1.29 is 23.9 Å².